The summed E-state index contributed by atoms with van der Waals surface area (Å²) in [6.07, 6.45) is 0. The molecule has 0 aromatic heterocycles. The summed E-state index contributed by atoms with van der Waals surface area (Å²) >= 11 is 0. The number of halogens is 3. The van der Waals surface area contributed by atoms with Gasteiger partial charge in [-0.05, 0) is 23.6 Å². The number of alkyl halides is 2. The maximum Gasteiger partial charge on any atom is 0.387 e. The number of rotatable bonds is 6. The Hall–Kier alpha value is -1.12. The normalized spacial score (nSPS) is 11.3. The van der Waals surface area contributed by atoms with Crippen LogP contribution in [-0.2, 0) is 6.54 Å². The van der Waals surface area contributed by atoms with E-state index in [0.29, 0.717) is 18.4 Å². The molecule has 1 aromatic rings. The van der Waals surface area contributed by atoms with E-state index in [4.69, 9.17) is 0 Å². The fourth-order valence-electron chi connectivity index (χ4n) is 1.54. The highest BCUT2D eigenvalue weighted by Crippen LogP contribution is 2.15. The zero-order chi connectivity index (χ0) is 15.0. The Labute approximate surface area is 141 Å². The molecule has 0 aliphatic rings. The Morgan fingerprint density at radius 2 is 2.00 bits per heavy atom. The summed E-state index contributed by atoms with van der Waals surface area (Å²) in [5.74, 6) is 1.35. The quantitative estimate of drug-likeness (QED) is 0.428. The highest BCUT2D eigenvalue weighted by atomic mass is 127. The lowest BCUT2D eigenvalue weighted by Gasteiger charge is -2.14. The Balaban J connectivity index is 0.00000400. The van der Waals surface area contributed by atoms with Crippen molar-refractivity contribution in [3.63, 3.8) is 0 Å². The van der Waals surface area contributed by atoms with Gasteiger partial charge in [0.1, 0.15) is 5.75 Å². The van der Waals surface area contributed by atoms with Gasteiger partial charge in [-0.1, -0.05) is 26.0 Å². The van der Waals surface area contributed by atoms with E-state index >= 15 is 0 Å². The van der Waals surface area contributed by atoms with E-state index in [1.54, 1.807) is 19.2 Å². The third-order valence-corrected chi connectivity index (χ3v) is 2.48. The van der Waals surface area contributed by atoms with Gasteiger partial charge in [0.25, 0.3) is 0 Å². The first-order valence-corrected chi connectivity index (χ1v) is 6.49. The minimum Gasteiger partial charge on any atom is -0.435 e. The van der Waals surface area contributed by atoms with E-state index in [1.165, 1.54) is 6.07 Å². The first kappa shape index (κ1) is 19.9. The van der Waals surface area contributed by atoms with Crippen molar-refractivity contribution in [2.75, 3.05) is 13.6 Å². The number of aliphatic imine (C=N–C) groups is 1. The van der Waals surface area contributed by atoms with Gasteiger partial charge in [-0.3, -0.25) is 4.99 Å². The topological polar surface area (TPSA) is 45.7 Å². The molecule has 0 spiro atoms. The molecule has 0 unspecified atom stereocenters. The molecule has 0 saturated heterocycles. The van der Waals surface area contributed by atoms with Gasteiger partial charge in [0.05, 0.1) is 0 Å². The molecule has 21 heavy (non-hydrogen) atoms. The molecular weight excluding hydrogens is 391 g/mol. The van der Waals surface area contributed by atoms with Crippen LogP contribution in [0.2, 0.25) is 0 Å². The fourth-order valence-corrected chi connectivity index (χ4v) is 1.54. The average Bonchev–Trinajstić information content (AvgIpc) is 2.38. The SMILES string of the molecule is CN=C(NCc1cccc(OC(F)F)c1)NCC(C)C.I. The fraction of sp³-hybridized carbons (Fsp3) is 0.500. The lowest BCUT2D eigenvalue weighted by Crippen LogP contribution is -2.38. The zero-order valence-electron chi connectivity index (χ0n) is 12.4. The van der Waals surface area contributed by atoms with Gasteiger partial charge in [-0.2, -0.15) is 8.78 Å². The van der Waals surface area contributed by atoms with Crippen LogP contribution in [0, 0.1) is 5.92 Å². The molecule has 4 nitrogen and oxygen atoms in total. The van der Waals surface area contributed by atoms with Crippen molar-refractivity contribution in [1.82, 2.24) is 10.6 Å². The monoisotopic (exact) mass is 413 g/mol. The Bertz CT molecular complexity index is 442. The first-order chi connectivity index (χ1) is 9.51. The molecule has 0 radical (unpaired) electrons. The van der Waals surface area contributed by atoms with Crippen molar-refractivity contribution in [1.29, 1.82) is 0 Å². The van der Waals surface area contributed by atoms with E-state index in [0.717, 1.165) is 12.1 Å². The molecule has 0 aliphatic heterocycles. The standard InChI is InChI=1S/C14H21F2N3O.HI/c1-10(2)8-18-14(17-3)19-9-11-5-4-6-12(7-11)20-13(15)16;/h4-7,10,13H,8-9H2,1-3H3,(H2,17,18,19);1H. The summed E-state index contributed by atoms with van der Waals surface area (Å²) in [6.45, 7) is 2.70. The van der Waals surface area contributed by atoms with Crippen molar-refractivity contribution in [3.05, 3.63) is 29.8 Å². The van der Waals surface area contributed by atoms with Crippen molar-refractivity contribution in [2.45, 2.75) is 27.0 Å². The highest BCUT2D eigenvalue weighted by Gasteiger charge is 2.05. The lowest BCUT2D eigenvalue weighted by atomic mass is 10.2. The van der Waals surface area contributed by atoms with Crippen molar-refractivity contribution < 1.29 is 13.5 Å². The van der Waals surface area contributed by atoms with Crippen molar-refractivity contribution >= 4 is 29.9 Å². The largest absolute Gasteiger partial charge is 0.435 e. The van der Waals surface area contributed by atoms with Crippen LogP contribution >= 0.6 is 24.0 Å². The molecule has 2 N–H and O–H groups in total. The predicted octanol–water partition coefficient (Wildman–Crippen LogP) is 3.23. The second-order valence-corrected chi connectivity index (χ2v) is 4.73. The van der Waals surface area contributed by atoms with Gasteiger partial charge in [-0.25, -0.2) is 0 Å². The minimum atomic E-state index is -2.81. The third kappa shape index (κ3) is 8.69. The highest BCUT2D eigenvalue weighted by molar-refractivity contribution is 14.0. The van der Waals surface area contributed by atoms with Gasteiger partial charge < -0.3 is 15.4 Å². The molecule has 120 valence electrons. The number of hydrogen-bond acceptors (Lipinski definition) is 2. The smallest absolute Gasteiger partial charge is 0.387 e. The maximum atomic E-state index is 12.1. The predicted molar refractivity (Wildman–Crippen MR) is 91.5 cm³/mol. The van der Waals surface area contributed by atoms with Crippen LogP contribution < -0.4 is 15.4 Å². The number of benzene rings is 1. The van der Waals surface area contributed by atoms with E-state index in [9.17, 15) is 8.78 Å². The molecule has 1 aromatic carbocycles. The second kappa shape index (κ2) is 10.6. The number of guanidine groups is 1. The van der Waals surface area contributed by atoms with Crippen molar-refractivity contribution in [3.8, 4) is 5.75 Å². The molecule has 0 bridgehead atoms. The van der Waals surface area contributed by atoms with Gasteiger partial charge in [0.15, 0.2) is 5.96 Å². The van der Waals surface area contributed by atoms with Gasteiger partial charge in [-0.15, -0.1) is 24.0 Å². The van der Waals surface area contributed by atoms with Gasteiger partial charge in [0.2, 0.25) is 0 Å². The van der Waals surface area contributed by atoms with Crippen LogP contribution in [0.5, 0.6) is 5.75 Å². The van der Waals surface area contributed by atoms with Crippen LogP contribution in [0.4, 0.5) is 8.78 Å². The summed E-state index contributed by atoms with van der Waals surface area (Å²) in [6, 6.07) is 6.59. The first-order valence-electron chi connectivity index (χ1n) is 6.49. The molecule has 0 fully saturated rings. The lowest BCUT2D eigenvalue weighted by molar-refractivity contribution is -0.0498. The van der Waals surface area contributed by atoms with Crippen LogP contribution in [0.25, 0.3) is 0 Å². The summed E-state index contributed by atoms with van der Waals surface area (Å²) in [5.41, 5.74) is 0.843. The van der Waals surface area contributed by atoms with Crippen LogP contribution in [0.15, 0.2) is 29.3 Å². The number of hydrogen-bond donors (Lipinski definition) is 2. The van der Waals surface area contributed by atoms with E-state index in [1.807, 2.05) is 6.07 Å². The van der Waals surface area contributed by atoms with Gasteiger partial charge >= 0.3 is 6.61 Å². The molecule has 0 amide bonds. The number of nitrogens with one attached hydrogen (secondary N) is 2. The Kier molecular flexibility index (Phi) is 10.0. The average molecular weight is 413 g/mol. The molecule has 0 heterocycles. The maximum absolute atomic E-state index is 12.1. The third-order valence-electron chi connectivity index (χ3n) is 2.48. The summed E-state index contributed by atoms with van der Waals surface area (Å²) in [4.78, 5) is 4.09. The van der Waals surface area contributed by atoms with Crippen LogP contribution in [0.1, 0.15) is 19.4 Å². The minimum absolute atomic E-state index is 0. The zero-order valence-corrected chi connectivity index (χ0v) is 14.7. The van der Waals surface area contributed by atoms with E-state index < -0.39 is 6.61 Å². The van der Waals surface area contributed by atoms with Gasteiger partial charge in [0, 0.05) is 20.1 Å². The molecule has 0 saturated carbocycles. The summed E-state index contributed by atoms with van der Waals surface area (Å²) in [5, 5.41) is 6.29. The molecule has 1 rings (SSSR count). The molecular formula is C14H22F2IN3O. The molecule has 0 atom stereocenters. The molecule has 7 heteroatoms. The Morgan fingerprint density at radius 3 is 2.57 bits per heavy atom. The second-order valence-electron chi connectivity index (χ2n) is 4.73. The Morgan fingerprint density at radius 1 is 1.29 bits per heavy atom. The van der Waals surface area contributed by atoms with E-state index in [2.05, 4.69) is 34.2 Å². The summed E-state index contributed by atoms with van der Waals surface area (Å²) < 4.78 is 28.6. The van der Waals surface area contributed by atoms with Crippen molar-refractivity contribution in [2.24, 2.45) is 10.9 Å². The van der Waals surface area contributed by atoms with Crippen LogP contribution in [0.3, 0.4) is 0 Å². The molecule has 0 aliphatic carbocycles. The number of nitrogens with zero attached hydrogens (tertiary/aromatic N) is 1. The van der Waals surface area contributed by atoms with Crippen LogP contribution in [-0.4, -0.2) is 26.2 Å². The number of ether oxygens (including phenoxy) is 1. The van der Waals surface area contributed by atoms with E-state index in [-0.39, 0.29) is 29.7 Å². The summed E-state index contributed by atoms with van der Waals surface area (Å²) in [7, 11) is 1.69.